The molecule has 4 heterocycles. The summed E-state index contributed by atoms with van der Waals surface area (Å²) in [6.07, 6.45) is 5.44. The number of hydrogen-bond acceptors (Lipinski definition) is 6. The lowest BCUT2D eigenvalue weighted by atomic mass is 10.0. The summed E-state index contributed by atoms with van der Waals surface area (Å²) in [7, 11) is 0. The van der Waals surface area contributed by atoms with E-state index in [1.807, 2.05) is 43.6 Å². The molecule has 0 bridgehead atoms. The average Bonchev–Trinajstić information content (AvgIpc) is 3.01. The van der Waals surface area contributed by atoms with Crippen LogP contribution in [0.5, 0.6) is 0 Å². The third kappa shape index (κ3) is 2.72. The fourth-order valence-corrected chi connectivity index (χ4v) is 3.27. The van der Waals surface area contributed by atoms with E-state index < -0.39 is 0 Å². The Kier molecular flexibility index (Phi) is 3.66. The average molecular weight is 333 g/mol. The lowest BCUT2D eigenvalue weighted by Gasteiger charge is -2.11. The molecule has 0 aliphatic carbocycles. The number of nitrogens with one attached hydrogen (secondary N) is 1. The van der Waals surface area contributed by atoms with Crippen LogP contribution in [0.2, 0.25) is 0 Å². The highest BCUT2D eigenvalue weighted by atomic mass is 32.1. The molecule has 1 N–H and O–H groups in total. The van der Waals surface area contributed by atoms with Crippen LogP contribution in [0.15, 0.2) is 48.2 Å². The van der Waals surface area contributed by atoms with Crippen molar-refractivity contribution >= 4 is 33.2 Å². The molecule has 4 rings (SSSR count). The first-order chi connectivity index (χ1) is 11.7. The fraction of sp³-hybridized carbons (Fsp3) is 0.111. The van der Waals surface area contributed by atoms with E-state index >= 15 is 0 Å². The number of pyridine rings is 3. The van der Waals surface area contributed by atoms with Crippen LogP contribution < -0.4 is 5.32 Å². The van der Waals surface area contributed by atoms with Crippen LogP contribution in [-0.4, -0.2) is 19.9 Å². The van der Waals surface area contributed by atoms with Gasteiger partial charge < -0.3 is 5.32 Å². The van der Waals surface area contributed by atoms with Crippen molar-refractivity contribution in [1.82, 2.24) is 19.9 Å². The Balaban J connectivity index is 1.89. The van der Waals surface area contributed by atoms with Gasteiger partial charge in [-0.2, -0.15) is 0 Å². The number of anilines is 2. The van der Waals surface area contributed by atoms with Crippen molar-refractivity contribution in [2.24, 2.45) is 0 Å². The third-order valence-corrected chi connectivity index (χ3v) is 4.58. The van der Waals surface area contributed by atoms with Crippen molar-refractivity contribution in [3.05, 3.63) is 59.6 Å². The topological polar surface area (TPSA) is 63.6 Å². The van der Waals surface area contributed by atoms with Gasteiger partial charge in [-0.05, 0) is 37.6 Å². The molecule has 0 unspecified atom stereocenters. The van der Waals surface area contributed by atoms with Crippen LogP contribution >= 0.6 is 11.3 Å². The predicted octanol–water partition coefficient (Wildman–Crippen LogP) is 4.51. The van der Waals surface area contributed by atoms with Crippen molar-refractivity contribution in [3.63, 3.8) is 0 Å². The molecular formula is C18H15N5S. The van der Waals surface area contributed by atoms with Crippen molar-refractivity contribution in [1.29, 1.82) is 0 Å². The van der Waals surface area contributed by atoms with Gasteiger partial charge in [0, 0.05) is 40.6 Å². The zero-order valence-electron chi connectivity index (χ0n) is 13.3. The van der Waals surface area contributed by atoms with E-state index in [0.717, 1.165) is 44.4 Å². The maximum atomic E-state index is 4.70. The van der Waals surface area contributed by atoms with E-state index in [-0.39, 0.29) is 0 Å². The van der Waals surface area contributed by atoms with Gasteiger partial charge in [0.05, 0.1) is 5.69 Å². The van der Waals surface area contributed by atoms with Gasteiger partial charge in [0.15, 0.2) is 10.9 Å². The van der Waals surface area contributed by atoms with E-state index in [2.05, 4.69) is 26.3 Å². The molecule has 5 nitrogen and oxygen atoms in total. The number of rotatable bonds is 3. The zero-order valence-corrected chi connectivity index (χ0v) is 14.1. The normalized spacial score (nSPS) is 10.9. The van der Waals surface area contributed by atoms with Gasteiger partial charge in [-0.15, -0.1) is 11.3 Å². The Morgan fingerprint density at radius 1 is 0.958 bits per heavy atom. The lowest BCUT2D eigenvalue weighted by Crippen LogP contribution is -1.98. The molecule has 0 amide bonds. The van der Waals surface area contributed by atoms with Gasteiger partial charge in [-0.1, -0.05) is 6.07 Å². The van der Waals surface area contributed by atoms with Crippen molar-refractivity contribution in [2.75, 3.05) is 5.32 Å². The first-order valence-electron chi connectivity index (χ1n) is 7.56. The molecule has 24 heavy (non-hydrogen) atoms. The zero-order chi connectivity index (χ0) is 16.5. The van der Waals surface area contributed by atoms with Gasteiger partial charge in [0.1, 0.15) is 5.52 Å². The number of aryl methyl sites for hydroxylation is 2. The minimum absolute atomic E-state index is 0.723. The molecule has 4 aromatic rings. The summed E-state index contributed by atoms with van der Waals surface area (Å²) >= 11 is 1.56. The SMILES string of the molecule is Cc1csc(Nc2ncc(-c3ccncc3)c3ccc(C)nc23)n1. The molecule has 0 radical (unpaired) electrons. The molecule has 0 aromatic carbocycles. The van der Waals surface area contributed by atoms with Crippen LogP contribution in [-0.2, 0) is 0 Å². The van der Waals surface area contributed by atoms with Gasteiger partial charge in [-0.3, -0.25) is 4.98 Å². The number of thiazole rings is 1. The molecule has 0 aliphatic heterocycles. The van der Waals surface area contributed by atoms with Crippen molar-refractivity contribution in [3.8, 4) is 11.1 Å². The van der Waals surface area contributed by atoms with E-state index in [4.69, 9.17) is 4.98 Å². The Bertz CT molecular complexity index is 1010. The highest BCUT2D eigenvalue weighted by Crippen LogP contribution is 2.32. The second kappa shape index (κ2) is 5.98. The molecule has 0 saturated heterocycles. The van der Waals surface area contributed by atoms with E-state index in [1.165, 1.54) is 0 Å². The molecular weight excluding hydrogens is 318 g/mol. The standard InChI is InChI=1S/C18H15N5S/c1-11-3-4-14-15(13-5-7-19-8-6-13)9-20-17(16(14)21-11)23-18-22-12(2)10-24-18/h3-10H,1-2H3,(H,20,22,23). The van der Waals surface area contributed by atoms with E-state index in [0.29, 0.717) is 0 Å². The van der Waals surface area contributed by atoms with Crippen LogP contribution in [0.3, 0.4) is 0 Å². The molecule has 0 spiro atoms. The minimum Gasteiger partial charge on any atom is -0.314 e. The summed E-state index contributed by atoms with van der Waals surface area (Å²) in [6, 6.07) is 8.07. The lowest BCUT2D eigenvalue weighted by molar-refractivity contribution is 1.21. The first-order valence-corrected chi connectivity index (χ1v) is 8.44. The third-order valence-electron chi connectivity index (χ3n) is 3.71. The predicted molar refractivity (Wildman–Crippen MR) is 97.6 cm³/mol. The van der Waals surface area contributed by atoms with Crippen molar-refractivity contribution in [2.45, 2.75) is 13.8 Å². The molecule has 6 heteroatoms. The fourth-order valence-electron chi connectivity index (χ4n) is 2.58. The summed E-state index contributed by atoms with van der Waals surface area (Å²) in [6.45, 7) is 3.96. The van der Waals surface area contributed by atoms with Crippen molar-refractivity contribution < 1.29 is 0 Å². The Hall–Kier alpha value is -2.86. The maximum absolute atomic E-state index is 4.70. The van der Waals surface area contributed by atoms with Gasteiger partial charge in [-0.25, -0.2) is 15.0 Å². The molecule has 4 aromatic heterocycles. The number of fused-ring (bicyclic) bond motifs is 1. The quantitative estimate of drug-likeness (QED) is 0.597. The Morgan fingerprint density at radius 3 is 2.54 bits per heavy atom. The second-order valence-corrected chi connectivity index (χ2v) is 6.38. The van der Waals surface area contributed by atoms with Crippen LogP contribution in [0.1, 0.15) is 11.4 Å². The van der Waals surface area contributed by atoms with Crippen LogP contribution in [0.25, 0.3) is 22.0 Å². The number of nitrogens with zero attached hydrogens (tertiary/aromatic N) is 4. The van der Waals surface area contributed by atoms with Crippen LogP contribution in [0, 0.1) is 13.8 Å². The molecule has 0 fully saturated rings. The smallest absolute Gasteiger partial charge is 0.188 e. The summed E-state index contributed by atoms with van der Waals surface area (Å²) in [5.41, 5.74) is 4.90. The minimum atomic E-state index is 0.723. The van der Waals surface area contributed by atoms with Gasteiger partial charge in [0.2, 0.25) is 0 Å². The van der Waals surface area contributed by atoms with Crippen LogP contribution in [0.4, 0.5) is 10.9 Å². The maximum Gasteiger partial charge on any atom is 0.188 e. The Labute approximate surface area is 143 Å². The first kappa shape index (κ1) is 14.7. The Morgan fingerprint density at radius 2 is 1.79 bits per heavy atom. The molecule has 0 saturated carbocycles. The highest BCUT2D eigenvalue weighted by molar-refractivity contribution is 7.13. The summed E-state index contributed by atoms with van der Waals surface area (Å²) in [4.78, 5) is 17.8. The largest absolute Gasteiger partial charge is 0.314 e. The molecule has 0 aliphatic rings. The number of hydrogen-bond donors (Lipinski definition) is 1. The monoisotopic (exact) mass is 333 g/mol. The summed E-state index contributed by atoms with van der Waals surface area (Å²) < 4.78 is 0. The second-order valence-electron chi connectivity index (χ2n) is 5.52. The van der Waals surface area contributed by atoms with Gasteiger partial charge in [0.25, 0.3) is 0 Å². The van der Waals surface area contributed by atoms with E-state index in [1.54, 1.807) is 23.7 Å². The summed E-state index contributed by atoms with van der Waals surface area (Å²) in [5, 5.41) is 7.18. The van der Waals surface area contributed by atoms with Gasteiger partial charge >= 0.3 is 0 Å². The van der Waals surface area contributed by atoms with E-state index in [9.17, 15) is 0 Å². The highest BCUT2D eigenvalue weighted by Gasteiger charge is 2.12. The summed E-state index contributed by atoms with van der Waals surface area (Å²) in [5.74, 6) is 0.723. The molecule has 118 valence electrons. The molecule has 0 atom stereocenters. The number of aromatic nitrogens is 4.